The lowest BCUT2D eigenvalue weighted by Gasteiger charge is -2.15. The number of likely N-dealkylation sites (tertiary alicyclic amines) is 1. The highest BCUT2D eigenvalue weighted by Gasteiger charge is 2.14. The molecule has 0 aliphatic carbocycles. The maximum Gasteiger partial charge on any atom is 0.309 e. The van der Waals surface area contributed by atoms with Crippen molar-refractivity contribution in [3.05, 3.63) is 29.3 Å². The first-order valence-corrected chi connectivity index (χ1v) is 6.29. The number of esters is 1. The third kappa shape index (κ3) is 3.23. The van der Waals surface area contributed by atoms with Crippen LogP contribution in [0.25, 0.3) is 0 Å². The number of aromatic hydroxyl groups is 1. The monoisotopic (exact) mass is 249 g/mol. The first-order chi connectivity index (χ1) is 8.69. The van der Waals surface area contributed by atoms with E-state index in [2.05, 4.69) is 9.64 Å². The lowest BCUT2D eigenvalue weighted by atomic mass is 10.1. The first kappa shape index (κ1) is 12.9. The van der Waals surface area contributed by atoms with Gasteiger partial charge in [0, 0.05) is 12.1 Å². The van der Waals surface area contributed by atoms with Crippen LogP contribution in [0.2, 0.25) is 0 Å². The lowest BCUT2D eigenvalue weighted by molar-refractivity contribution is -0.139. The molecule has 1 N–H and O–H groups in total. The maximum absolute atomic E-state index is 11.1. The molecule has 1 aromatic rings. The first-order valence-electron chi connectivity index (χ1n) is 6.29. The van der Waals surface area contributed by atoms with Gasteiger partial charge in [-0.2, -0.15) is 0 Å². The molecule has 0 spiro atoms. The van der Waals surface area contributed by atoms with Crippen molar-refractivity contribution >= 4 is 5.97 Å². The van der Waals surface area contributed by atoms with Crippen molar-refractivity contribution in [1.29, 1.82) is 0 Å². The van der Waals surface area contributed by atoms with E-state index in [1.165, 1.54) is 20.0 Å². The fourth-order valence-electron chi connectivity index (χ4n) is 2.27. The molecule has 1 aliphatic rings. The number of hydrogen-bond acceptors (Lipinski definition) is 4. The van der Waals surface area contributed by atoms with Gasteiger partial charge in [0.15, 0.2) is 0 Å². The van der Waals surface area contributed by atoms with Crippen LogP contribution in [0.5, 0.6) is 5.75 Å². The smallest absolute Gasteiger partial charge is 0.309 e. The number of rotatable bonds is 4. The zero-order valence-corrected chi connectivity index (χ0v) is 10.7. The van der Waals surface area contributed by atoms with E-state index in [0.29, 0.717) is 0 Å². The Morgan fingerprint density at radius 2 is 2.11 bits per heavy atom. The average molecular weight is 249 g/mol. The summed E-state index contributed by atoms with van der Waals surface area (Å²) in [7, 11) is 1.37. The number of benzene rings is 1. The normalized spacial score (nSPS) is 15.8. The van der Waals surface area contributed by atoms with Gasteiger partial charge in [0.2, 0.25) is 0 Å². The van der Waals surface area contributed by atoms with Crippen LogP contribution in [0.4, 0.5) is 0 Å². The topological polar surface area (TPSA) is 49.8 Å². The van der Waals surface area contributed by atoms with Gasteiger partial charge in [-0.15, -0.1) is 0 Å². The molecule has 0 amide bonds. The largest absolute Gasteiger partial charge is 0.508 e. The Morgan fingerprint density at radius 1 is 1.39 bits per heavy atom. The molecule has 1 saturated heterocycles. The molecule has 4 nitrogen and oxygen atoms in total. The Balaban J connectivity index is 2.02. The summed E-state index contributed by atoms with van der Waals surface area (Å²) in [6.45, 7) is 2.98. The van der Waals surface area contributed by atoms with Gasteiger partial charge in [0.25, 0.3) is 0 Å². The summed E-state index contributed by atoms with van der Waals surface area (Å²) in [6.07, 6.45) is 2.68. The van der Waals surface area contributed by atoms with E-state index < -0.39 is 0 Å². The number of phenols is 1. The molecule has 0 atom stereocenters. The lowest BCUT2D eigenvalue weighted by Crippen LogP contribution is -2.18. The van der Waals surface area contributed by atoms with Gasteiger partial charge in [-0.1, -0.05) is 12.1 Å². The van der Waals surface area contributed by atoms with Gasteiger partial charge >= 0.3 is 5.97 Å². The maximum atomic E-state index is 11.1. The van der Waals surface area contributed by atoms with Crippen LogP contribution in [-0.4, -0.2) is 36.2 Å². The molecule has 0 radical (unpaired) electrons. The van der Waals surface area contributed by atoms with Crippen LogP contribution in [0.15, 0.2) is 18.2 Å². The third-order valence-electron chi connectivity index (χ3n) is 3.32. The predicted octanol–water partition coefficient (Wildman–Crippen LogP) is 1.70. The van der Waals surface area contributed by atoms with Crippen molar-refractivity contribution in [1.82, 2.24) is 4.90 Å². The summed E-state index contributed by atoms with van der Waals surface area (Å²) in [5, 5.41) is 9.96. The molecule has 98 valence electrons. The van der Waals surface area contributed by atoms with E-state index >= 15 is 0 Å². The minimum Gasteiger partial charge on any atom is -0.508 e. The summed E-state index contributed by atoms with van der Waals surface area (Å²) in [5.41, 5.74) is 1.70. The number of hydrogen-bond donors (Lipinski definition) is 1. The fourth-order valence-corrected chi connectivity index (χ4v) is 2.27. The van der Waals surface area contributed by atoms with Crippen LogP contribution < -0.4 is 0 Å². The van der Waals surface area contributed by atoms with Gasteiger partial charge in [-0.25, -0.2) is 0 Å². The van der Waals surface area contributed by atoms with Crippen molar-refractivity contribution < 1.29 is 14.6 Å². The molecule has 0 unspecified atom stereocenters. The van der Waals surface area contributed by atoms with Crippen LogP contribution in [0.1, 0.15) is 24.0 Å². The SMILES string of the molecule is COC(=O)Cc1ccc(CN2CCCC2)c(O)c1. The minimum atomic E-state index is -0.290. The molecule has 1 aliphatic heterocycles. The highest BCUT2D eigenvalue weighted by molar-refractivity contribution is 5.72. The Kier molecular flexibility index (Phi) is 4.20. The number of carbonyl (C=O) groups is 1. The van der Waals surface area contributed by atoms with Crippen LogP contribution in [0, 0.1) is 0 Å². The molecule has 4 heteroatoms. The zero-order chi connectivity index (χ0) is 13.0. The van der Waals surface area contributed by atoms with Gasteiger partial charge in [0.05, 0.1) is 13.5 Å². The molecule has 18 heavy (non-hydrogen) atoms. The van der Waals surface area contributed by atoms with E-state index in [-0.39, 0.29) is 18.1 Å². The molecule has 1 aromatic carbocycles. The van der Waals surface area contributed by atoms with E-state index in [0.717, 1.165) is 30.8 Å². The second kappa shape index (κ2) is 5.87. The summed E-state index contributed by atoms with van der Waals surface area (Å²) in [5.74, 6) is -0.0232. The molecule has 0 saturated carbocycles. The van der Waals surface area contributed by atoms with Crippen molar-refractivity contribution in [2.75, 3.05) is 20.2 Å². The summed E-state index contributed by atoms with van der Waals surface area (Å²) in [4.78, 5) is 13.5. The Labute approximate surface area is 107 Å². The minimum absolute atomic E-state index is 0.202. The standard InChI is InChI=1S/C14H19NO3/c1-18-14(17)9-11-4-5-12(13(16)8-11)10-15-6-2-3-7-15/h4-5,8,16H,2-3,6-7,9-10H2,1H3. The molecular formula is C14H19NO3. The number of carbonyl (C=O) groups excluding carboxylic acids is 1. The summed E-state index contributed by atoms with van der Waals surface area (Å²) >= 11 is 0. The number of methoxy groups -OCH3 is 1. The quantitative estimate of drug-likeness (QED) is 0.825. The van der Waals surface area contributed by atoms with E-state index in [9.17, 15) is 9.90 Å². The summed E-state index contributed by atoms with van der Waals surface area (Å²) in [6, 6.07) is 5.43. The van der Waals surface area contributed by atoms with E-state index in [1.54, 1.807) is 6.07 Å². The number of nitrogens with zero attached hydrogens (tertiary/aromatic N) is 1. The average Bonchev–Trinajstić information content (AvgIpc) is 2.85. The third-order valence-corrected chi connectivity index (χ3v) is 3.32. The van der Waals surface area contributed by atoms with Gasteiger partial charge in [-0.3, -0.25) is 9.69 Å². The van der Waals surface area contributed by atoms with Gasteiger partial charge in [0.1, 0.15) is 5.75 Å². The van der Waals surface area contributed by atoms with Crippen LogP contribution >= 0.6 is 0 Å². The van der Waals surface area contributed by atoms with Crippen molar-refractivity contribution in [2.45, 2.75) is 25.8 Å². The Bertz CT molecular complexity index is 425. The summed E-state index contributed by atoms with van der Waals surface area (Å²) < 4.78 is 4.60. The Hall–Kier alpha value is -1.55. The molecule has 1 fully saturated rings. The van der Waals surface area contributed by atoms with Crippen LogP contribution in [0.3, 0.4) is 0 Å². The Morgan fingerprint density at radius 3 is 2.72 bits per heavy atom. The molecular weight excluding hydrogens is 230 g/mol. The predicted molar refractivity (Wildman–Crippen MR) is 68.3 cm³/mol. The van der Waals surface area contributed by atoms with Crippen LogP contribution in [-0.2, 0) is 22.5 Å². The highest BCUT2D eigenvalue weighted by atomic mass is 16.5. The van der Waals surface area contributed by atoms with Gasteiger partial charge < -0.3 is 9.84 Å². The van der Waals surface area contributed by atoms with E-state index in [4.69, 9.17) is 0 Å². The molecule has 1 heterocycles. The highest BCUT2D eigenvalue weighted by Crippen LogP contribution is 2.22. The van der Waals surface area contributed by atoms with Crippen molar-refractivity contribution in [3.8, 4) is 5.75 Å². The van der Waals surface area contributed by atoms with Gasteiger partial charge in [-0.05, 0) is 37.6 Å². The molecule has 0 aromatic heterocycles. The second-order valence-electron chi connectivity index (χ2n) is 4.70. The van der Waals surface area contributed by atoms with Crippen molar-refractivity contribution in [3.63, 3.8) is 0 Å². The number of ether oxygens (including phenoxy) is 1. The fraction of sp³-hybridized carbons (Fsp3) is 0.500. The van der Waals surface area contributed by atoms with Crippen molar-refractivity contribution in [2.24, 2.45) is 0 Å². The second-order valence-corrected chi connectivity index (χ2v) is 4.70. The molecule has 2 rings (SSSR count). The zero-order valence-electron chi connectivity index (χ0n) is 10.7. The molecule has 0 bridgehead atoms. The van der Waals surface area contributed by atoms with E-state index in [1.807, 2.05) is 12.1 Å². The number of phenolic OH excluding ortho intramolecular Hbond substituents is 1.